The first kappa shape index (κ1) is 19.7. The predicted octanol–water partition coefficient (Wildman–Crippen LogP) is 4.80. The van der Waals surface area contributed by atoms with Crippen LogP contribution in [0.3, 0.4) is 0 Å². The molecule has 146 valence electrons. The van der Waals surface area contributed by atoms with Crippen LogP contribution in [0.1, 0.15) is 11.1 Å². The molecule has 7 heteroatoms. The van der Waals surface area contributed by atoms with Crippen LogP contribution >= 0.6 is 23.4 Å². The van der Waals surface area contributed by atoms with Crippen molar-refractivity contribution in [3.8, 4) is 17.3 Å². The second-order valence-corrected chi connectivity index (χ2v) is 7.86. The van der Waals surface area contributed by atoms with Crippen molar-refractivity contribution in [2.24, 2.45) is 0 Å². The lowest BCUT2D eigenvalue weighted by Crippen LogP contribution is -2.37. The Bertz CT molecular complexity index is 1030. The minimum atomic E-state index is 0.500. The van der Waals surface area contributed by atoms with Gasteiger partial charge in [-0.25, -0.2) is 9.97 Å². The monoisotopic (exact) mass is 422 g/mol. The maximum atomic E-state index is 9.91. The fraction of sp³-hybridized carbons (Fsp3) is 0.227. The molecule has 29 heavy (non-hydrogen) atoms. The number of anilines is 1. The van der Waals surface area contributed by atoms with Gasteiger partial charge in [-0.15, -0.1) is 0 Å². The van der Waals surface area contributed by atoms with Crippen molar-refractivity contribution in [2.75, 3.05) is 31.2 Å². The Kier molecular flexibility index (Phi) is 6.30. The van der Waals surface area contributed by atoms with Crippen molar-refractivity contribution >= 4 is 29.2 Å². The zero-order valence-electron chi connectivity index (χ0n) is 15.7. The number of halogens is 1. The van der Waals surface area contributed by atoms with Crippen molar-refractivity contribution < 1.29 is 4.74 Å². The van der Waals surface area contributed by atoms with Crippen LogP contribution in [0, 0.1) is 11.3 Å². The van der Waals surface area contributed by atoms with Crippen LogP contribution in [0.25, 0.3) is 11.3 Å². The van der Waals surface area contributed by atoms with Crippen molar-refractivity contribution in [1.29, 1.82) is 5.26 Å². The number of hydrogen-bond donors (Lipinski definition) is 0. The van der Waals surface area contributed by atoms with Gasteiger partial charge in [0, 0.05) is 29.4 Å². The molecule has 0 aliphatic carbocycles. The fourth-order valence-corrected chi connectivity index (χ4v) is 4.29. The van der Waals surface area contributed by atoms with Crippen molar-refractivity contribution in [1.82, 2.24) is 9.97 Å². The van der Waals surface area contributed by atoms with Gasteiger partial charge >= 0.3 is 0 Å². The van der Waals surface area contributed by atoms with E-state index < -0.39 is 0 Å². The summed E-state index contributed by atoms with van der Waals surface area (Å²) in [6.07, 6.45) is 0. The molecule has 1 aliphatic rings. The molecule has 0 N–H and O–H groups in total. The molecular weight excluding hydrogens is 404 g/mol. The summed E-state index contributed by atoms with van der Waals surface area (Å²) in [6, 6.07) is 19.9. The van der Waals surface area contributed by atoms with Crippen LogP contribution in [-0.2, 0) is 10.5 Å². The number of hydrogen-bond acceptors (Lipinski definition) is 6. The molecule has 1 fully saturated rings. The van der Waals surface area contributed by atoms with E-state index in [-0.39, 0.29) is 0 Å². The van der Waals surface area contributed by atoms with Gasteiger partial charge in [-0.1, -0.05) is 71.9 Å². The lowest BCUT2D eigenvalue weighted by Gasteiger charge is -2.29. The number of aromatic nitrogens is 2. The van der Waals surface area contributed by atoms with Crippen molar-refractivity contribution in [2.45, 2.75) is 10.9 Å². The standard InChI is InChI=1S/C22H19ClN4OS/c23-19-9-5-4-8-17(19)15-29-22-25-20(16-6-2-1-3-7-16)18(14-24)21(26-22)27-10-12-28-13-11-27/h1-9H,10-13,15H2. The summed E-state index contributed by atoms with van der Waals surface area (Å²) in [4.78, 5) is 11.6. The molecule has 2 heterocycles. The van der Waals surface area contributed by atoms with Crippen LogP contribution in [-0.4, -0.2) is 36.3 Å². The minimum Gasteiger partial charge on any atom is -0.378 e. The maximum absolute atomic E-state index is 9.91. The number of nitriles is 1. The highest BCUT2D eigenvalue weighted by Crippen LogP contribution is 2.33. The van der Waals surface area contributed by atoms with E-state index in [9.17, 15) is 5.26 Å². The van der Waals surface area contributed by atoms with Gasteiger partial charge in [0.2, 0.25) is 0 Å². The molecule has 0 bridgehead atoms. The number of ether oxygens (including phenoxy) is 1. The van der Waals surface area contributed by atoms with Crippen LogP contribution in [0.15, 0.2) is 59.8 Å². The van der Waals surface area contributed by atoms with E-state index in [0.29, 0.717) is 54.3 Å². The van der Waals surface area contributed by atoms with Gasteiger partial charge in [0.05, 0.1) is 18.9 Å². The van der Waals surface area contributed by atoms with Crippen LogP contribution in [0.2, 0.25) is 5.02 Å². The molecule has 2 aromatic carbocycles. The molecule has 0 saturated carbocycles. The quantitative estimate of drug-likeness (QED) is 0.435. The Labute approximate surface area is 179 Å². The van der Waals surface area contributed by atoms with Crippen LogP contribution in [0.4, 0.5) is 5.82 Å². The summed E-state index contributed by atoms with van der Waals surface area (Å²) in [5.41, 5.74) is 3.09. The van der Waals surface area contributed by atoms with Gasteiger partial charge in [-0.3, -0.25) is 0 Å². The van der Waals surface area contributed by atoms with Gasteiger partial charge in [0.1, 0.15) is 11.6 Å². The third kappa shape index (κ3) is 4.54. The lowest BCUT2D eigenvalue weighted by molar-refractivity contribution is 0.122. The van der Waals surface area contributed by atoms with Gasteiger partial charge in [-0.05, 0) is 11.6 Å². The average Bonchev–Trinajstić information content (AvgIpc) is 2.79. The second-order valence-electron chi connectivity index (χ2n) is 6.51. The molecule has 1 saturated heterocycles. The highest BCUT2D eigenvalue weighted by molar-refractivity contribution is 7.98. The molecule has 0 amide bonds. The zero-order chi connectivity index (χ0) is 20.1. The number of rotatable bonds is 5. The third-order valence-electron chi connectivity index (χ3n) is 4.65. The number of benzene rings is 2. The van der Waals surface area contributed by atoms with Gasteiger partial charge < -0.3 is 9.64 Å². The number of thioether (sulfide) groups is 1. The SMILES string of the molecule is N#Cc1c(-c2ccccc2)nc(SCc2ccccc2Cl)nc1N1CCOCC1. The molecule has 1 aromatic heterocycles. The molecule has 0 spiro atoms. The Morgan fingerprint density at radius 1 is 1.03 bits per heavy atom. The Balaban J connectivity index is 1.74. The average molecular weight is 423 g/mol. The largest absolute Gasteiger partial charge is 0.378 e. The molecule has 5 nitrogen and oxygen atoms in total. The number of morpholine rings is 1. The molecular formula is C22H19ClN4OS. The van der Waals surface area contributed by atoms with E-state index in [4.69, 9.17) is 26.3 Å². The van der Waals surface area contributed by atoms with Gasteiger partial charge in [0.15, 0.2) is 11.0 Å². The summed E-state index contributed by atoms with van der Waals surface area (Å²) < 4.78 is 5.47. The molecule has 0 atom stereocenters. The first-order valence-electron chi connectivity index (χ1n) is 9.32. The van der Waals surface area contributed by atoms with E-state index in [1.165, 1.54) is 11.8 Å². The fourth-order valence-electron chi connectivity index (χ4n) is 3.16. The van der Waals surface area contributed by atoms with E-state index in [2.05, 4.69) is 11.0 Å². The first-order valence-corrected chi connectivity index (χ1v) is 10.7. The van der Waals surface area contributed by atoms with E-state index in [1.54, 1.807) is 0 Å². The maximum Gasteiger partial charge on any atom is 0.190 e. The van der Waals surface area contributed by atoms with Gasteiger partial charge in [-0.2, -0.15) is 5.26 Å². The molecule has 3 aromatic rings. The summed E-state index contributed by atoms with van der Waals surface area (Å²) in [5.74, 6) is 1.33. The Hall–Kier alpha value is -2.59. The van der Waals surface area contributed by atoms with E-state index >= 15 is 0 Å². The molecule has 0 unspecified atom stereocenters. The second kappa shape index (κ2) is 9.27. The summed E-state index contributed by atoms with van der Waals surface area (Å²) >= 11 is 7.82. The van der Waals surface area contributed by atoms with Crippen LogP contribution < -0.4 is 4.90 Å². The summed E-state index contributed by atoms with van der Waals surface area (Å²) in [7, 11) is 0. The highest BCUT2D eigenvalue weighted by atomic mass is 35.5. The minimum absolute atomic E-state index is 0.500. The molecule has 0 radical (unpaired) electrons. The molecule has 1 aliphatic heterocycles. The summed E-state index contributed by atoms with van der Waals surface area (Å²) in [6.45, 7) is 2.65. The Morgan fingerprint density at radius 3 is 2.48 bits per heavy atom. The van der Waals surface area contributed by atoms with Crippen LogP contribution in [0.5, 0.6) is 0 Å². The van der Waals surface area contributed by atoms with E-state index in [0.717, 1.165) is 16.1 Å². The smallest absolute Gasteiger partial charge is 0.190 e. The predicted molar refractivity (Wildman–Crippen MR) is 116 cm³/mol. The lowest BCUT2D eigenvalue weighted by atomic mass is 10.1. The zero-order valence-corrected chi connectivity index (χ0v) is 17.3. The van der Waals surface area contributed by atoms with Crippen molar-refractivity contribution in [3.63, 3.8) is 0 Å². The summed E-state index contributed by atoms with van der Waals surface area (Å²) in [5, 5.41) is 11.3. The third-order valence-corrected chi connectivity index (χ3v) is 5.92. The highest BCUT2D eigenvalue weighted by Gasteiger charge is 2.22. The first-order chi connectivity index (χ1) is 14.3. The molecule has 4 rings (SSSR count). The topological polar surface area (TPSA) is 62.0 Å². The normalized spacial score (nSPS) is 13.9. The van der Waals surface area contributed by atoms with E-state index in [1.807, 2.05) is 54.6 Å². The van der Waals surface area contributed by atoms with Crippen molar-refractivity contribution in [3.05, 3.63) is 70.7 Å². The van der Waals surface area contributed by atoms with Gasteiger partial charge in [0.25, 0.3) is 0 Å². The Morgan fingerprint density at radius 2 is 1.76 bits per heavy atom. The number of nitrogens with zero attached hydrogens (tertiary/aromatic N) is 4.